The molecule has 0 saturated carbocycles. The fraction of sp³-hybridized carbons (Fsp3) is 0.364. The zero-order valence-corrected chi connectivity index (χ0v) is 9.47. The van der Waals surface area contributed by atoms with Crippen molar-refractivity contribution in [1.29, 1.82) is 0 Å². The summed E-state index contributed by atoms with van der Waals surface area (Å²) in [6, 6.07) is 5.72. The Kier molecular flexibility index (Phi) is 3.53. The van der Waals surface area contributed by atoms with Crippen LogP contribution in [0.15, 0.2) is 23.2 Å². The molecular formula is C11H15ClN2. The van der Waals surface area contributed by atoms with E-state index < -0.39 is 0 Å². The van der Waals surface area contributed by atoms with Gasteiger partial charge in [0, 0.05) is 5.92 Å². The molecule has 0 fully saturated rings. The summed E-state index contributed by atoms with van der Waals surface area (Å²) in [4.78, 5) is 4.28. The quantitative estimate of drug-likeness (QED) is 0.591. The highest BCUT2D eigenvalue weighted by molar-refractivity contribution is 6.33. The third kappa shape index (κ3) is 2.74. The summed E-state index contributed by atoms with van der Waals surface area (Å²) >= 11 is 5.98. The zero-order chi connectivity index (χ0) is 10.7. The van der Waals surface area contributed by atoms with Crippen LogP contribution in [0.1, 0.15) is 19.4 Å². The first-order valence-corrected chi connectivity index (χ1v) is 4.98. The number of aryl methyl sites for hydroxylation is 1. The molecule has 1 aromatic carbocycles. The lowest BCUT2D eigenvalue weighted by Gasteiger charge is -2.05. The van der Waals surface area contributed by atoms with Crippen molar-refractivity contribution in [2.24, 2.45) is 16.6 Å². The standard InChI is InChI=1S/C11H15ClN2/c1-7(2)11(13)14-10-6-8(3)4-5-9(10)12/h4-7H,1-3H3,(H2,13,14). The Morgan fingerprint density at radius 3 is 2.64 bits per heavy atom. The normalized spacial score (nSPS) is 12.2. The Morgan fingerprint density at radius 1 is 1.43 bits per heavy atom. The molecule has 0 atom stereocenters. The molecule has 0 unspecified atom stereocenters. The van der Waals surface area contributed by atoms with Gasteiger partial charge in [0.05, 0.1) is 10.7 Å². The number of hydrogen-bond acceptors (Lipinski definition) is 1. The molecule has 0 radical (unpaired) electrons. The third-order valence-electron chi connectivity index (χ3n) is 1.94. The van der Waals surface area contributed by atoms with E-state index in [4.69, 9.17) is 17.3 Å². The largest absolute Gasteiger partial charge is 0.387 e. The maximum Gasteiger partial charge on any atom is 0.102 e. The van der Waals surface area contributed by atoms with Gasteiger partial charge in [-0.05, 0) is 24.6 Å². The summed E-state index contributed by atoms with van der Waals surface area (Å²) in [5.74, 6) is 0.851. The van der Waals surface area contributed by atoms with Crippen LogP contribution in [-0.4, -0.2) is 5.84 Å². The highest BCUT2D eigenvalue weighted by Gasteiger charge is 2.02. The minimum absolute atomic E-state index is 0.242. The van der Waals surface area contributed by atoms with E-state index in [1.807, 2.05) is 39.0 Å². The van der Waals surface area contributed by atoms with Crippen LogP contribution < -0.4 is 5.73 Å². The average Bonchev–Trinajstić information content (AvgIpc) is 2.11. The summed E-state index contributed by atoms with van der Waals surface area (Å²) in [5, 5.41) is 0.638. The molecule has 2 nitrogen and oxygen atoms in total. The lowest BCUT2D eigenvalue weighted by atomic mass is 10.2. The first-order valence-electron chi connectivity index (χ1n) is 4.61. The maximum atomic E-state index is 5.98. The molecule has 14 heavy (non-hydrogen) atoms. The molecule has 0 saturated heterocycles. The first kappa shape index (κ1) is 11.1. The second-order valence-electron chi connectivity index (χ2n) is 3.65. The minimum atomic E-state index is 0.242. The van der Waals surface area contributed by atoms with E-state index >= 15 is 0 Å². The molecule has 1 rings (SSSR count). The number of amidine groups is 1. The van der Waals surface area contributed by atoms with Crippen molar-refractivity contribution in [2.75, 3.05) is 0 Å². The number of nitrogens with two attached hydrogens (primary N) is 1. The van der Waals surface area contributed by atoms with Crippen molar-refractivity contribution in [3.05, 3.63) is 28.8 Å². The lowest BCUT2D eigenvalue weighted by Crippen LogP contribution is -2.18. The molecule has 0 aliphatic carbocycles. The summed E-state index contributed by atoms with van der Waals surface area (Å²) < 4.78 is 0. The van der Waals surface area contributed by atoms with Crippen molar-refractivity contribution in [1.82, 2.24) is 0 Å². The van der Waals surface area contributed by atoms with Crippen molar-refractivity contribution >= 4 is 23.1 Å². The van der Waals surface area contributed by atoms with Crippen LogP contribution in [0.5, 0.6) is 0 Å². The van der Waals surface area contributed by atoms with E-state index in [0.717, 1.165) is 11.3 Å². The van der Waals surface area contributed by atoms with E-state index in [1.165, 1.54) is 0 Å². The molecule has 3 heteroatoms. The molecule has 2 N–H and O–H groups in total. The predicted molar refractivity (Wildman–Crippen MR) is 62.3 cm³/mol. The third-order valence-corrected chi connectivity index (χ3v) is 2.26. The predicted octanol–water partition coefficient (Wildman–Crippen LogP) is 3.29. The smallest absolute Gasteiger partial charge is 0.102 e. The fourth-order valence-corrected chi connectivity index (χ4v) is 1.14. The Labute approximate surface area is 89.8 Å². The molecule has 0 amide bonds. The minimum Gasteiger partial charge on any atom is -0.387 e. The number of halogens is 1. The highest BCUT2D eigenvalue weighted by atomic mass is 35.5. The summed E-state index contributed by atoms with van der Waals surface area (Å²) in [5.41, 5.74) is 7.64. The Bertz CT molecular complexity index is 356. The highest BCUT2D eigenvalue weighted by Crippen LogP contribution is 2.25. The monoisotopic (exact) mass is 210 g/mol. The van der Waals surface area contributed by atoms with E-state index in [2.05, 4.69) is 4.99 Å². The van der Waals surface area contributed by atoms with Crippen LogP contribution in [-0.2, 0) is 0 Å². The lowest BCUT2D eigenvalue weighted by molar-refractivity contribution is 0.873. The van der Waals surface area contributed by atoms with Crippen LogP contribution in [0.4, 0.5) is 5.69 Å². The number of nitrogens with zero attached hydrogens (tertiary/aromatic N) is 1. The number of hydrogen-bond donors (Lipinski definition) is 1. The van der Waals surface area contributed by atoms with Gasteiger partial charge >= 0.3 is 0 Å². The van der Waals surface area contributed by atoms with Crippen molar-refractivity contribution in [2.45, 2.75) is 20.8 Å². The maximum absolute atomic E-state index is 5.98. The van der Waals surface area contributed by atoms with Crippen LogP contribution in [0, 0.1) is 12.8 Å². The number of aliphatic imine (C=N–C) groups is 1. The van der Waals surface area contributed by atoms with Gasteiger partial charge in [0.15, 0.2) is 0 Å². The summed E-state index contributed by atoms with van der Waals surface area (Å²) in [6.07, 6.45) is 0. The Hall–Kier alpha value is -1.02. The van der Waals surface area contributed by atoms with Crippen LogP contribution in [0.2, 0.25) is 5.02 Å². The van der Waals surface area contributed by atoms with Gasteiger partial charge in [0.1, 0.15) is 5.84 Å². The summed E-state index contributed by atoms with van der Waals surface area (Å²) in [6.45, 7) is 6.01. The van der Waals surface area contributed by atoms with Gasteiger partial charge in [-0.15, -0.1) is 0 Å². The Balaban J connectivity index is 3.07. The SMILES string of the molecule is Cc1ccc(Cl)c(N=C(N)C(C)C)c1. The van der Waals surface area contributed by atoms with Gasteiger partial charge in [0.2, 0.25) is 0 Å². The molecule has 0 aromatic heterocycles. The van der Waals surface area contributed by atoms with Crippen LogP contribution in [0.25, 0.3) is 0 Å². The molecule has 1 aromatic rings. The van der Waals surface area contributed by atoms with Crippen LogP contribution in [0.3, 0.4) is 0 Å². The van der Waals surface area contributed by atoms with Crippen molar-refractivity contribution in [3.8, 4) is 0 Å². The van der Waals surface area contributed by atoms with Gasteiger partial charge in [-0.1, -0.05) is 31.5 Å². The average molecular weight is 211 g/mol. The van der Waals surface area contributed by atoms with Gasteiger partial charge in [-0.3, -0.25) is 0 Å². The molecular weight excluding hydrogens is 196 g/mol. The topological polar surface area (TPSA) is 38.4 Å². The summed E-state index contributed by atoms with van der Waals surface area (Å²) in [7, 11) is 0. The molecule has 76 valence electrons. The van der Waals surface area contributed by atoms with E-state index in [9.17, 15) is 0 Å². The van der Waals surface area contributed by atoms with Gasteiger partial charge in [-0.25, -0.2) is 4.99 Å². The van der Waals surface area contributed by atoms with Gasteiger partial charge < -0.3 is 5.73 Å². The zero-order valence-electron chi connectivity index (χ0n) is 8.71. The molecule has 0 aliphatic rings. The van der Waals surface area contributed by atoms with Crippen LogP contribution >= 0.6 is 11.6 Å². The molecule has 0 aliphatic heterocycles. The second kappa shape index (κ2) is 4.47. The van der Waals surface area contributed by atoms with Gasteiger partial charge in [-0.2, -0.15) is 0 Å². The van der Waals surface area contributed by atoms with E-state index in [1.54, 1.807) is 0 Å². The van der Waals surface area contributed by atoms with Crippen molar-refractivity contribution in [3.63, 3.8) is 0 Å². The van der Waals surface area contributed by atoms with Gasteiger partial charge in [0.25, 0.3) is 0 Å². The number of benzene rings is 1. The van der Waals surface area contributed by atoms with E-state index in [-0.39, 0.29) is 5.92 Å². The molecule has 0 spiro atoms. The number of rotatable bonds is 2. The fourth-order valence-electron chi connectivity index (χ4n) is 0.977. The second-order valence-corrected chi connectivity index (χ2v) is 4.05. The molecule has 0 bridgehead atoms. The molecule has 0 heterocycles. The van der Waals surface area contributed by atoms with Crippen molar-refractivity contribution < 1.29 is 0 Å². The Morgan fingerprint density at radius 2 is 2.07 bits per heavy atom. The first-order chi connectivity index (χ1) is 6.50. The van der Waals surface area contributed by atoms with E-state index in [0.29, 0.717) is 10.9 Å².